The molecule has 2 aromatic heterocycles. The molecule has 0 spiro atoms. The summed E-state index contributed by atoms with van der Waals surface area (Å²) in [6.45, 7) is 7.91. The Hall–Kier alpha value is -7.91. The summed E-state index contributed by atoms with van der Waals surface area (Å²) in [5, 5.41) is 12.0. The van der Waals surface area contributed by atoms with E-state index in [1.165, 1.54) is 5.56 Å². The average Bonchev–Trinajstić information content (AvgIpc) is 3.81. The van der Waals surface area contributed by atoms with Crippen molar-refractivity contribution < 1.29 is 30.3 Å². The first kappa shape index (κ1) is 44.1. The van der Waals surface area contributed by atoms with Crippen LogP contribution in [0.4, 0.5) is 0 Å². The van der Waals surface area contributed by atoms with Gasteiger partial charge in [-0.3, -0.25) is 9.55 Å². The predicted octanol–water partition coefficient (Wildman–Crippen LogP) is 17.5. The molecule has 0 unspecified atom stereocenters. The van der Waals surface area contributed by atoms with E-state index in [2.05, 4.69) is 124 Å². The van der Waals surface area contributed by atoms with Crippen molar-refractivity contribution in [1.82, 2.24) is 14.5 Å². The molecule has 0 atom stereocenters. The van der Waals surface area contributed by atoms with E-state index in [0.29, 0.717) is 33.7 Å². The monoisotopic (exact) mass is 1110 g/mol. The van der Waals surface area contributed by atoms with Crippen molar-refractivity contribution in [2.24, 2.45) is 0 Å². The third-order valence-electron chi connectivity index (χ3n) is 13.5. The molecule has 0 radical (unpaired) electrons. The van der Waals surface area contributed by atoms with Gasteiger partial charge in [0.2, 0.25) is 0 Å². The number of benzene rings is 9. The first-order valence-corrected chi connectivity index (χ1v) is 24.1. The first-order chi connectivity index (χ1) is 35.7. The van der Waals surface area contributed by atoms with Crippen LogP contribution in [-0.4, -0.2) is 19.6 Å². The number of aryl methyl sites for hydroxylation is 3. The molecule has 0 amide bonds. The molecule has 0 saturated carbocycles. The zero-order valence-electron chi connectivity index (χ0n) is 43.8. The summed E-state index contributed by atoms with van der Waals surface area (Å²) in [5.74, 6) is 0.571. The van der Waals surface area contributed by atoms with Gasteiger partial charge in [-0.25, -0.2) is 4.98 Å². The van der Waals surface area contributed by atoms with Crippen molar-refractivity contribution in [2.45, 2.75) is 46.9 Å². The molecule has 11 aromatic rings. The van der Waals surface area contributed by atoms with Gasteiger partial charge in [-0.15, -0.1) is 23.8 Å². The zero-order chi connectivity index (χ0) is 51.3. The molecule has 72 heavy (non-hydrogen) atoms. The SMILES string of the molecule is [2H]C([2H])([2H])c1cc(-n2c(-c3cc(C)cc(C)c3O)nc3c(-c4[c-]c(-c5cc(-c6ccc(-c7ccccc7)cc6)ccn5)cc(-c5ccccc5)c4)cccc32)c(-c2ccccc2)cc1-c1ccc(C(C)(C)C)cc1.[Pt]. The number of rotatable bonds is 9. The van der Waals surface area contributed by atoms with Gasteiger partial charge >= 0.3 is 0 Å². The Morgan fingerprint density at radius 3 is 1.74 bits per heavy atom. The Bertz CT molecular complexity index is 3860. The maximum Gasteiger partial charge on any atom is 0.148 e. The van der Waals surface area contributed by atoms with Crippen molar-refractivity contribution in [2.75, 3.05) is 0 Å². The smallest absolute Gasteiger partial charge is 0.148 e. The van der Waals surface area contributed by atoms with E-state index in [1.54, 1.807) is 0 Å². The van der Waals surface area contributed by atoms with E-state index in [-0.39, 0.29) is 37.8 Å². The molecule has 0 bridgehead atoms. The van der Waals surface area contributed by atoms with Crippen LogP contribution in [-0.2, 0) is 26.5 Å². The number of hydrogen-bond acceptors (Lipinski definition) is 3. The van der Waals surface area contributed by atoms with Crippen LogP contribution in [0.15, 0.2) is 212 Å². The number of phenols is 1. The van der Waals surface area contributed by atoms with Gasteiger partial charge in [-0.05, 0) is 123 Å². The Morgan fingerprint density at radius 2 is 1.08 bits per heavy atom. The Kier molecular flexibility index (Phi) is 12.1. The van der Waals surface area contributed by atoms with Crippen LogP contribution in [0.1, 0.15) is 47.1 Å². The van der Waals surface area contributed by atoms with Gasteiger partial charge in [-0.2, -0.15) is 0 Å². The van der Waals surface area contributed by atoms with Crippen LogP contribution in [0.2, 0.25) is 0 Å². The second kappa shape index (κ2) is 19.7. The number of pyridine rings is 1. The summed E-state index contributed by atoms with van der Waals surface area (Å²) in [6, 6.07) is 73.7. The summed E-state index contributed by atoms with van der Waals surface area (Å²) in [5.41, 5.74) is 18.2. The third kappa shape index (κ3) is 9.27. The van der Waals surface area contributed by atoms with Crippen LogP contribution in [0.3, 0.4) is 0 Å². The molecule has 11 rings (SSSR count). The summed E-state index contributed by atoms with van der Waals surface area (Å²) in [4.78, 5) is 10.5. The van der Waals surface area contributed by atoms with E-state index in [4.69, 9.17) is 14.1 Å². The second-order valence-electron chi connectivity index (χ2n) is 19.5. The minimum Gasteiger partial charge on any atom is -0.507 e. The van der Waals surface area contributed by atoms with E-state index >= 15 is 0 Å². The minimum absolute atomic E-state index is 0. The van der Waals surface area contributed by atoms with E-state index in [9.17, 15) is 5.11 Å². The molecule has 1 N–H and O–H groups in total. The zero-order valence-corrected chi connectivity index (χ0v) is 43.1. The third-order valence-corrected chi connectivity index (χ3v) is 13.5. The summed E-state index contributed by atoms with van der Waals surface area (Å²) in [6.07, 6.45) is 1.85. The maximum absolute atomic E-state index is 12.0. The van der Waals surface area contributed by atoms with Crippen LogP contribution >= 0.6 is 0 Å². The molecular weight excluding hydrogens is 1060 g/mol. The molecule has 0 aliphatic carbocycles. The second-order valence-corrected chi connectivity index (χ2v) is 19.5. The van der Waals surface area contributed by atoms with Gasteiger partial charge in [0, 0.05) is 42.6 Å². The number of imidazole rings is 1. The number of nitrogens with zero attached hydrogens (tertiary/aromatic N) is 3. The first-order valence-electron chi connectivity index (χ1n) is 25.6. The van der Waals surface area contributed by atoms with Crippen molar-refractivity contribution in [1.29, 1.82) is 0 Å². The molecule has 0 aliphatic rings. The van der Waals surface area contributed by atoms with Crippen LogP contribution in [0.5, 0.6) is 5.75 Å². The number of aromatic nitrogens is 3. The van der Waals surface area contributed by atoms with Gasteiger partial charge in [-0.1, -0.05) is 201 Å². The molecule has 4 nitrogen and oxygen atoms in total. The summed E-state index contributed by atoms with van der Waals surface area (Å²) < 4.78 is 29.2. The molecule has 354 valence electrons. The summed E-state index contributed by atoms with van der Waals surface area (Å²) >= 11 is 0. The van der Waals surface area contributed by atoms with Gasteiger partial charge in [0.25, 0.3) is 0 Å². The van der Waals surface area contributed by atoms with Crippen molar-refractivity contribution in [3.8, 4) is 101 Å². The molecule has 0 saturated heterocycles. The number of fused-ring (bicyclic) bond motifs is 1. The number of phenolic OH excluding ortho intramolecular Hbond substituents is 1. The number of hydrogen-bond donors (Lipinski definition) is 1. The number of aromatic hydroxyl groups is 1. The summed E-state index contributed by atoms with van der Waals surface area (Å²) in [7, 11) is 0. The quantitative estimate of drug-likeness (QED) is 0.147. The van der Waals surface area contributed by atoms with Crippen LogP contribution in [0.25, 0.3) is 106 Å². The maximum atomic E-state index is 12.0. The van der Waals surface area contributed by atoms with Crippen molar-refractivity contribution >= 4 is 11.0 Å². The fraction of sp³-hybridized carbons (Fsp3) is 0.104. The van der Waals surface area contributed by atoms with Gasteiger partial charge in [0.1, 0.15) is 11.6 Å². The van der Waals surface area contributed by atoms with E-state index in [1.807, 2.05) is 134 Å². The standard InChI is InChI=1S/C67H54N3O.Pt/c1-43-35-45(3)65(71)60(36-43)66-69-64-57(23-16-24-62(64)70(66)63-37-44(2)58(42-59(63)50-21-14-9-15-22-50)51-29-31-56(32-30-51)67(4,5)6)54-38-53(47-19-12-8-13-20-47)39-55(40-54)61-41-52(33-34-68-61)49-27-25-48(26-28-49)46-17-10-7-11-18-46;/h7-39,41-42,71H,1-6H3;/q-1;/i2D3;. The topological polar surface area (TPSA) is 50.9 Å². The van der Waals surface area contributed by atoms with Crippen molar-refractivity contribution in [3.63, 3.8) is 0 Å². The molecule has 2 heterocycles. The van der Waals surface area contributed by atoms with E-state index < -0.39 is 6.85 Å². The van der Waals surface area contributed by atoms with Crippen molar-refractivity contribution in [3.05, 3.63) is 241 Å². The largest absolute Gasteiger partial charge is 0.507 e. The molecule has 0 aliphatic heterocycles. The Balaban J connectivity index is 0.00000641. The predicted molar refractivity (Wildman–Crippen MR) is 296 cm³/mol. The average molecular weight is 1120 g/mol. The molecule has 9 aromatic carbocycles. The molecule has 5 heteroatoms. The fourth-order valence-electron chi connectivity index (χ4n) is 9.78. The van der Waals surface area contributed by atoms with E-state index in [0.717, 1.165) is 83.5 Å². The molecule has 0 fully saturated rings. The Morgan fingerprint density at radius 1 is 0.500 bits per heavy atom. The van der Waals surface area contributed by atoms with Gasteiger partial charge in [0.05, 0.1) is 22.3 Å². The van der Waals surface area contributed by atoms with Crippen LogP contribution < -0.4 is 0 Å². The normalized spacial score (nSPS) is 12.2. The minimum atomic E-state index is -2.49. The van der Waals surface area contributed by atoms with Gasteiger partial charge in [0.15, 0.2) is 0 Å². The fourth-order valence-corrected chi connectivity index (χ4v) is 9.78. The van der Waals surface area contributed by atoms with Gasteiger partial charge < -0.3 is 5.11 Å². The van der Waals surface area contributed by atoms with Crippen LogP contribution in [0, 0.1) is 26.8 Å². The molecular formula is C67H54N3OPt-. The number of para-hydroxylation sites is 1. The Labute approximate surface area is 441 Å².